The first-order chi connectivity index (χ1) is 12.5. The Labute approximate surface area is 157 Å². The Morgan fingerprint density at radius 1 is 1.27 bits per heavy atom. The van der Waals surface area contributed by atoms with Crippen molar-refractivity contribution in [2.24, 2.45) is 5.92 Å². The largest absolute Gasteiger partial charge is 0.375 e. The van der Waals surface area contributed by atoms with Gasteiger partial charge in [-0.05, 0) is 67.5 Å². The highest BCUT2D eigenvalue weighted by Gasteiger charge is 2.20. The third-order valence-electron chi connectivity index (χ3n) is 4.59. The van der Waals surface area contributed by atoms with Gasteiger partial charge in [0, 0.05) is 23.4 Å². The van der Waals surface area contributed by atoms with Crippen LogP contribution in [-0.2, 0) is 22.4 Å². The number of nitrogens with one attached hydrogen (secondary N) is 2. The summed E-state index contributed by atoms with van der Waals surface area (Å²) in [5, 5.41) is 5.75. The van der Waals surface area contributed by atoms with Crippen LogP contribution in [0.25, 0.3) is 0 Å². The zero-order chi connectivity index (χ0) is 18.7. The number of thiophene rings is 1. The van der Waals surface area contributed by atoms with Crippen molar-refractivity contribution in [1.29, 1.82) is 0 Å². The van der Waals surface area contributed by atoms with Gasteiger partial charge in [0.05, 0.1) is 4.88 Å². The number of fused-ring (bicyclic) bond motifs is 1. The molecule has 1 aliphatic carbocycles. The fourth-order valence-electron chi connectivity index (χ4n) is 3.21. The number of methoxy groups -OCH3 is 1. The highest BCUT2D eigenvalue weighted by molar-refractivity contribution is 7.14. The molecule has 2 amide bonds. The van der Waals surface area contributed by atoms with Gasteiger partial charge in [0.15, 0.2) is 0 Å². The van der Waals surface area contributed by atoms with Gasteiger partial charge in [-0.25, -0.2) is 0 Å². The molecule has 1 unspecified atom stereocenters. The molecule has 1 aliphatic rings. The Morgan fingerprint density at radius 2 is 2.08 bits per heavy atom. The summed E-state index contributed by atoms with van der Waals surface area (Å²) >= 11 is 1.60. The summed E-state index contributed by atoms with van der Waals surface area (Å²) in [6.45, 7) is 4.17. The van der Waals surface area contributed by atoms with Crippen LogP contribution in [-0.4, -0.2) is 25.5 Å². The summed E-state index contributed by atoms with van der Waals surface area (Å²) in [6, 6.07) is 7.48. The van der Waals surface area contributed by atoms with E-state index in [-0.39, 0.29) is 18.4 Å². The van der Waals surface area contributed by atoms with E-state index in [9.17, 15) is 9.59 Å². The molecule has 3 rings (SSSR count). The van der Waals surface area contributed by atoms with Gasteiger partial charge >= 0.3 is 0 Å². The quantitative estimate of drug-likeness (QED) is 0.833. The topological polar surface area (TPSA) is 67.4 Å². The van der Waals surface area contributed by atoms with Gasteiger partial charge in [-0.2, -0.15) is 0 Å². The van der Waals surface area contributed by atoms with Crippen molar-refractivity contribution >= 4 is 34.5 Å². The summed E-state index contributed by atoms with van der Waals surface area (Å²) in [4.78, 5) is 26.3. The Kier molecular flexibility index (Phi) is 5.74. The highest BCUT2D eigenvalue weighted by Crippen LogP contribution is 2.32. The van der Waals surface area contributed by atoms with Gasteiger partial charge < -0.3 is 15.4 Å². The lowest BCUT2D eigenvalue weighted by molar-refractivity contribution is -0.119. The number of ether oxygens (including phenoxy) is 1. The molecule has 1 aromatic carbocycles. The monoisotopic (exact) mass is 372 g/mol. The number of aryl methyl sites for hydroxylation is 2. The van der Waals surface area contributed by atoms with Crippen LogP contribution in [0.15, 0.2) is 24.3 Å². The molecule has 138 valence electrons. The SMILES string of the molecule is COCC(=O)Nc1ccc(NC(=O)c2cc3c(s2)CCC(C)C3)cc1C. The van der Waals surface area contributed by atoms with Crippen molar-refractivity contribution in [1.82, 2.24) is 0 Å². The normalized spacial score (nSPS) is 16.0. The summed E-state index contributed by atoms with van der Waals surface area (Å²) in [5.74, 6) is 0.412. The maximum absolute atomic E-state index is 12.6. The molecule has 2 aromatic rings. The summed E-state index contributed by atoms with van der Waals surface area (Å²) in [5.41, 5.74) is 3.64. The highest BCUT2D eigenvalue weighted by atomic mass is 32.1. The van der Waals surface area contributed by atoms with Crippen LogP contribution in [0, 0.1) is 12.8 Å². The maximum Gasteiger partial charge on any atom is 0.265 e. The van der Waals surface area contributed by atoms with Crippen LogP contribution in [0.5, 0.6) is 0 Å². The lowest BCUT2D eigenvalue weighted by Crippen LogP contribution is -2.18. The van der Waals surface area contributed by atoms with Gasteiger partial charge in [0.1, 0.15) is 6.61 Å². The summed E-state index contributed by atoms with van der Waals surface area (Å²) in [7, 11) is 1.48. The molecule has 1 heterocycles. The van der Waals surface area contributed by atoms with Crippen LogP contribution >= 0.6 is 11.3 Å². The number of amides is 2. The Bertz CT molecular complexity index is 828. The molecular formula is C20H24N2O3S. The molecule has 2 N–H and O–H groups in total. The Morgan fingerprint density at radius 3 is 2.81 bits per heavy atom. The van der Waals surface area contributed by atoms with E-state index in [1.165, 1.54) is 24.0 Å². The smallest absolute Gasteiger partial charge is 0.265 e. The van der Waals surface area contributed by atoms with Crippen LogP contribution < -0.4 is 10.6 Å². The summed E-state index contributed by atoms with van der Waals surface area (Å²) in [6.07, 6.45) is 3.33. The molecule has 0 saturated heterocycles. The number of hydrogen-bond donors (Lipinski definition) is 2. The molecule has 0 bridgehead atoms. The molecule has 5 nitrogen and oxygen atoms in total. The van der Waals surface area contributed by atoms with E-state index >= 15 is 0 Å². The number of hydrogen-bond acceptors (Lipinski definition) is 4. The van der Waals surface area contributed by atoms with Crippen LogP contribution in [0.1, 0.15) is 39.0 Å². The number of benzene rings is 1. The van der Waals surface area contributed by atoms with Crippen LogP contribution in [0.3, 0.4) is 0 Å². The maximum atomic E-state index is 12.6. The van der Waals surface area contributed by atoms with Crippen molar-refractivity contribution in [2.45, 2.75) is 33.1 Å². The Hall–Kier alpha value is -2.18. The molecule has 0 aliphatic heterocycles. The molecule has 0 saturated carbocycles. The first-order valence-electron chi connectivity index (χ1n) is 8.78. The fraction of sp³-hybridized carbons (Fsp3) is 0.400. The lowest BCUT2D eigenvalue weighted by atomic mass is 9.90. The van der Waals surface area contributed by atoms with Crippen molar-refractivity contribution < 1.29 is 14.3 Å². The number of anilines is 2. The standard InChI is InChI=1S/C20H24N2O3S/c1-12-4-7-17-14(8-12)10-18(26-17)20(24)21-15-5-6-16(13(2)9-15)22-19(23)11-25-3/h5-6,9-10,12H,4,7-8,11H2,1-3H3,(H,21,24)(H,22,23). The summed E-state index contributed by atoms with van der Waals surface area (Å²) < 4.78 is 4.81. The second kappa shape index (κ2) is 8.01. The number of carbonyl (C=O) groups excluding carboxylic acids is 2. The third kappa shape index (κ3) is 4.31. The second-order valence-corrected chi connectivity index (χ2v) is 8.01. The van der Waals surface area contributed by atoms with E-state index in [2.05, 4.69) is 17.6 Å². The minimum Gasteiger partial charge on any atom is -0.375 e. The first-order valence-corrected chi connectivity index (χ1v) is 9.60. The first kappa shape index (κ1) is 18.6. The van der Waals surface area contributed by atoms with Crippen molar-refractivity contribution in [2.75, 3.05) is 24.4 Å². The minimum atomic E-state index is -0.203. The average Bonchev–Trinajstić information content (AvgIpc) is 3.01. The van der Waals surface area contributed by atoms with E-state index < -0.39 is 0 Å². The van der Waals surface area contributed by atoms with E-state index in [0.29, 0.717) is 11.6 Å². The average molecular weight is 372 g/mol. The molecule has 6 heteroatoms. The fourth-order valence-corrected chi connectivity index (χ4v) is 4.31. The minimum absolute atomic E-state index is 0.0135. The predicted octanol–water partition coefficient (Wildman–Crippen LogP) is 4.02. The second-order valence-electron chi connectivity index (χ2n) is 6.87. The van der Waals surface area contributed by atoms with Gasteiger partial charge in [0.25, 0.3) is 5.91 Å². The predicted molar refractivity (Wildman–Crippen MR) is 105 cm³/mol. The molecule has 0 spiro atoms. The molecular weight excluding hydrogens is 348 g/mol. The van der Waals surface area contributed by atoms with Gasteiger partial charge in [0.2, 0.25) is 5.91 Å². The van der Waals surface area contributed by atoms with Crippen LogP contribution in [0.4, 0.5) is 11.4 Å². The van der Waals surface area contributed by atoms with E-state index in [0.717, 1.165) is 29.0 Å². The molecule has 26 heavy (non-hydrogen) atoms. The number of carbonyl (C=O) groups is 2. The lowest BCUT2D eigenvalue weighted by Gasteiger charge is -2.16. The molecule has 1 aromatic heterocycles. The third-order valence-corrected chi connectivity index (χ3v) is 5.82. The van der Waals surface area contributed by atoms with Crippen molar-refractivity contribution in [3.8, 4) is 0 Å². The van der Waals surface area contributed by atoms with Gasteiger partial charge in [-0.3, -0.25) is 9.59 Å². The molecule has 0 fully saturated rings. The zero-order valence-corrected chi connectivity index (χ0v) is 16.2. The van der Waals surface area contributed by atoms with E-state index in [1.54, 1.807) is 23.5 Å². The van der Waals surface area contributed by atoms with Crippen molar-refractivity contribution in [3.05, 3.63) is 45.1 Å². The number of rotatable bonds is 5. The van der Waals surface area contributed by atoms with E-state index in [1.807, 2.05) is 19.1 Å². The zero-order valence-electron chi connectivity index (χ0n) is 15.3. The molecule has 1 atom stereocenters. The van der Waals surface area contributed by atoms with E-state index in [4.69, 9.17) is 4.74 Å². The van der Waals surface area contributed by atoms with Crippen LogP contribution in [0.2, 0.25) is 0 Å². The molecule has 0 radical (unpaired) electrons. The Balaban J connectivity index is 1.68. The van der Waals surface area contributed by atoms with Gasteiger partial charge in [-0.1, -0.05) is 6.92 Å². The van der Waals surface area contributed by atoms with Gasteiger partial charge in [-0.15, -0.1) is 11.3 Å². The van der Waals surface area contributed by atoms with Crippen molar-refractivity contribution in [3.63, 3.8) is 0 Å².